The van der Waals surface area contributed by atoms with Crippen LogP contribution in [0.1, 0.15) is 32.8 Å². The highest BCUT2D eigenvalue weighted by Gasteiger charge is 2.42. The molecule has 0 bridgehead atoms. The number of Topliss-reactive ketones (excluding diaryl/α,β-unsaturated/α-hetero) is 1. The Kier molecular flexibility index (Phi) is 5.53. The van der Waals surface area contributed by atoms with Crippen LogP contribution in [0.25, 0.3) is 0 Å². The summed E-state index contributed by atoms with van der Waals surface area (Å²) in [4.78, 5) is 37.7. The van der Waals surface area contributed by atoms with E-state index in [0.717, 1.165) is 5.56 Å². The first-order chi connectivity index (χ1) is 11.0. The van der Waals surface area contributed by atoms with Crippen LogP contribution in [-0.4, -0.2) is 35.3 Å². The number of ketones is 1. The van der Waals surface area contributed by atoms with Gasteiger partial charge in [-0.25, -0.2) is 9.69 Å². The van der Waals surface area contributed by atoms with Crippen LogP contribution in [0.3, 0.4) is 0 Å². The van der Waals surface area contributed by atoms with Crippen molar-refractivity contribution in [3.05, 3.63) is 35.9 Å². The van der Waals surface area contributed by atoms with E-state index < -0.39 is 17.9 Å². The van der Waals surface area contributed by atoms with Crippen LogP contribution >= 0.6 is 0 Å². The monoisotopic (exact) mass is 317 g/mol. The van der Waals surface area contributed by atoms with Crippen molar-refractivity contribution in [1.29, 1.82) is 0 Å². The summed E-state index contributed by atoms with van der Waals surface area (Å²) in [5.41, 5.74) is 1.04. The first-order valence-electron chi connectivity index (χ1n) is 7.99. The first kappa shape index (κ1) is 17.2. The standard InChI is InChI=1S/C18H23NO4/c1-4-16(12(2)13(3)20)17(21)19-15(11-23-18(19)22)10-14-8-6-5-7-9-14/h5-9,12,15-16H,4,10-11H2,1-3H3/t12-,15+,16+/m1/s1. The lowest BCUT2D eigenvalue weighted by Crippen LogP contribution is -2.45. The number of hydrogen-bond acceptors (Lipinski definition) is 4. The number of benzene rings is 1. The molecule has 2 rings (SSSR count). The quantitative estimate of drug-likeness (QED) is 0.809. The zero-order valence-electron chi connectivity index (χ0n) is 13.8. The molecule has 0 spiro atoms. The van der Waals surface area contributed by atoms with Gasteiger partial charge in [-0.3, -0.25) is 9.59 Å². The zero-order valence-corrected chi connectivity index (χ0v) is 13.8. The van der Waals surface area contributed by atoms with Gasteiger partial charge in [0, 0.05) is 11.8 Å². The Morgan fingerprint density at radius 1 is 1.30 bits per heavy atom. The molecular weight excluding hydrogens is 294 g/mol. The summed E-state index contributed by atoms with van der Waals surface area (Å²) in [5, 5.41) is 0. The largest absolute Gasteiger partial charge is 0.447 e. The van der Waals surface area contributed by atoms with Crippen molar-refractivity contribution in [3.63, 3.8) is 0 Å². The van der Waals surface area contributed by atoms with Crippen molar-refractivity contribution in [2.75, 3.05) is 6.61 Å². The Morgan fingerprint density at radius 3 is 2.52 bits per heavy atom. The normalized spacial score (nSPS) is 20.0. The molecule has 124 valence electrons. The number of imide groups is 1. The highest BCUT2D eigenvalue weighted by molar-refractivity contribution is 5.97. The summed E-state index contributed by atoms with van der Waals surface area (Å²) in [7, 11) is 0. The van der Waals surface area contributed by atoms with Crippen molar-refractivity contribution in [1.82, 2.24) is 4.90 Å². The first-order valence-corrected chi connectivity index (χ1v) is 7.99. The van der Waals surface area contributed by atoms with Crippen molar-refractivity contribution >= 4 is 17.8 Å². The summed E-state index contributed by atoms with van der Waals surface area (Å²) < 4.78 is 5.09. The van der Waals surface area contributed by atoms with E-state index in [4.69, 9.17) is 4.74 Å². The third-order valence-corrected chi connectivity index (χ3v) is 4.51. The van der Waals surface area contributed by atoms with E-state index in [-0.39, 0.29) is 24.3 Å². The molecule has 0 N–H and O–H groups in total. The zero-order chi connectivity index (χ0) is 17.0. The number of nitrogens with zero attached hydrogens (tertiary/aromatic N) is 1. The molecule has 3 atom stereocenters. The average Bonchev–Trinajstić information content (AvgIpc) is 2.89. The fraction of sp³-hybridized carbons (Fsp3) is 0.500. The van der Waals surface area contributed by atoms with Gasteiger partial charge in [-0.1, -0.05) is 44.2 Å². The smallest absolute Gasteiger partial charge is 0.416 e. The lowest BCUT2D eigenvalue weighted by atomic mass is 9.87. The Labute approximate surface area is 136 Å². The third kappa shape index (κ3) is 3.78. The van der Waals surface area contributed by atoms with Crippen LogP contribution in [0.4, 0.5) is 4.79 Å². The van der Waals surface area contributed by atoms with E-state index in [1.807, 2.05) is 37.3 Å². The summed E-state index contributed by atoms with van der Waals surface area (Å²) in [6.07, 6.45) is 0.468. The molecule has 5 heteroatoms. The second-order valence-corrected chi connectivity index (χ2v) is 6.04. The minimum Gasteiger partial charge on any atom is -0.447 e. The molecular formula is C18H23NO4. The second-order valence-electron chi connectivity index (χ2n) is 6.04. The van der Waals surface area contributed by atoms with Crippen LogP contribution in [0.2, 0.25) is 0 Å². The molecule has 0 unspecified atom stereocenters. The van der Waals surface area contributed by atoms with Crippen molar-refractivity contribution < 1.29 is 19.1 Å². The van der Waals surface area contributed by atoms with E-state index in [1.54, 1.807) is 6.92 Å². The van der Waals surface area contributed by atoms with Gasteiger partial charge >= 0.3 is 6.09 Å². The van der Waals surface area contributed by atoms with Gasteiger partial charge in [0.2, 0.25) is 5.91 Å². The van der Waals surface area contributed by atoms with Gasteiger partial charge in [-0.05, 0) is 25.3 Å². The molecule has 1 aromatic rings. The topological polar surface area (TPSA) is 63.7 Å². The van der Waals surface area contributed by atoms with Crippen LogP contribution < -0.4 is 0 Å². The Balaban J connectivity index is 2.18. The maximum Gasteiger partial charge on any atom is 0.416 e. The third-order valence-electron chi connectivity index (χ3n) is 4.51. The molecule has 2 amide bonds. The highest BCUT2D eigenvalue weighted by Crippen LogP contribution is 2.25. The molecule has 1 heterocycles. The van der Waals surface area contributed by atoms with Gasteiger partial charge in [0.15, 0.2) is 0 Å². The van der Waals surface area contributed by atoms with Crippen LogP contribution in [-0.2, 0) is 20.7 Å². The van der Waals surface area contributed by atoms with E-state index in [9.17, 15) is 14.4 Å². The number of carbonyl (C=O) groups excluding carboxylic acids is 3. The van der Waals surface area contributed by atoms with Gasteiger partial charge in [-0.2, -0.15) is 0 Å². The molecule has 1 aliphatic heterocycles. The maximum absolute atomic E-state index is 12.8. The Morgan fingerprint density at radius 2 is 1.96 bits per heavy atom. The molecule has 1 aromatic carbocycles. The minimum atomic E-state index is -0.606. The fourth-order valence-electron chi connectivity index (χ4n) is 2.97. The molecule has 1 fully saturated rings. The SMILES string of the molecule is CC[C@H](C(=O)N1C(=O)OC[C@@H]1Cc1ccccc1)[C@H](C)C(C)=O. The van der Waals surface area contributed by atoms with Gasteiger partial charge in [0.25, 0.3) is 0 Å². The lowest BCUT2D eigenvalue weighted by molar-refractivity contribution is -0.138. The highest BCUT2D eigenvalue weighted by atomic mass is 16.6. The van der Waals surface area contributed by atoms with E-state index in [2.05, 4.69) is 0 Å². The molecule has 0 aromatic heterocycles. The van der Waals surface area contributed by atoms with Crippen molar-refractivity contribution in [2.24, 2.45) is 11.8 Å². The van der Waals surface area contributed by atoms with E-state index >= 15 is 0 Å². The Hall–Kier alpha value is -2.17. The average molecular weight is 317 g/mol. The molecule has 0 saturated carbocycles. The van der Waals surface area contributed by atoms with Crippen LogP contribution in [0, 0.1) is 11.8 Å². The van der Waals surface area contributed by atoms with Crippen molar-refractivity contribution in [2.45, 2.75) is 39.7 Å². The molecule has 5 nitrogen and oxygen atoms in total. The number of rotatable bonds is 6. The predicted molar refractivity (Wildman–Crippen MR) is 85.8 cm³/mol. The summed E-state index contributed by atoms with van der Waals surface area (Å²) in [6.45, 7) is 5.27. The number of ether oxygens (including phenoxy) is 1. The van der Waals surface area contributed by atoms with Crippen LogP contribution in [0.5, 0.6) is 0 Å². The predicted octanol–water partition coefficient (Wildman–Crippen LogP) is 2.83. The molecule has 1 saturated heterocycles. The number of hydrogen-bond donors (Lipinski definition) is 0. The lowest BCUT2D eigenvalue weighted by Gasteiger charge is -2.26. The minimum absolute atomic E-state index is 0.0441. The summed E-state index contributed by atoms with van der Waals surface area (Å²) in [6, 6.07) is 9.37. The van der Waals surface area contributed by atoms with Gasteiger partial charge in [0.05, 0.1) is 6.04 Å². The second kappa shape index (κ2) is 7.40. The maximum atomic E-state index is 12.8. The van der Waals surface area contributed by atoms with Crippen LogP contribution in [0.15, 0.2) is 30.3 Å². The molecule has 23 heavy (non-hydrogen) atoms. The van der Waals surface area contributed by atoms with Gasteiger partial charge in [-0.15, -0.1) is 0 Å². The fourth-order valence-corrected chi connectivity index (χ4v) is 2.97. The van der Waals surface area contributed by atoms with Gasteiger partial charge < -0.3 is 4.74 Å². The molecule has 0 radical (unpaired) electrons. The molecule has 0 aliphatic carbocycles. The summed E-state index contributed by atoms with van der Waals surface area (Å²) in [5.74, 6) is -1.24. The number of cyclic esters (lactones) is 1. The Bertz CT molecular complexity index is 584. The summed E-state index contributed by atoms with van der Waals surface area (Å²) >= 11 is 0. The van der Waals surface area contributed by atoms with Gasteiger partial charge in [0.1, 0.15) is 12.4 Å². The van der Waals surface area contributed by atoms with Crippen molar-refractivity contribution in [3.8, 4) is 0 Å². The number of amides is 2. The molecule has 1 aliphatic rings. The van der Waals surface area contributed by atoms with E-state index in [0.29, 0.717) is 12.8 Å². The number of carbonyl (C=O) groups is 3. The van der Waals surface area contributed by atoms with E-state index in [1.165, 1.54) is 11.8 Å².